The predicted molar refractivity (Wildman–Crippen MR) is 31.4 cm³/mol. The summed E-state index contributed by atoms with van der Waals surface area (Å²) in [6.45, 7) is -0.352. The second kappa shape index (κ2) is 3.12. The fourth-order valence-corrected chi connectivity index (χ4v) is 0.281. The van der Waals surface area contributed by atoms with Gasteiger partial charge in [0.1, 0.15) is 6.54 Å². The number of aliphatic carboxylic acids is 1. The number of likely N-dealkylation sites (N-methyl/N-ethyl adjacent to an activating group) is 1. The van der Waals surface area contributed by atoms with Gasteiger partial charge in [-0.25, -0.2) is 0 Å². The van der Waals surface area contributed by atoms with Gasteiger partial charge >= 0.3 is 5.97 Å². The molecule has 0 unspecified atom stereocenters. The van der Waals surface area contributed by atoms with Crippen LogP contribution < -0.4 is 0 Å². The zero-order valence-corrected chi connectivity index (χ0v) is 5.00. The highest BCUT2D eigenvalue weighted by Crippen LogP contribution is 1.80. The number of rotatable bonds is 2. The molecule has 0 atom stereocenters. The summed E-state index contributed by atoms with van der Waals surface area (Å²) >= 11 is 0. The number of carbonyl (C=O) groups excluding carboxylic acids is 1. The van der Waals surface area contributed by atoms with Crippen molar-refractivity contribution in [3.05, 3.63) is 0 Å². The molecule has 0 aliphatic heterocycles. The Hall–Kier alpha value is -0.995. The molecule has 5 heteroatoms. The quantitative estimate of drug-likeness (QED) is 0.498. The van der Waals surface area contributed by atoms with Crippen LogP contribution in [0.25, 0.3) is 0 Å². The standard InChI is InChI=1S/C4H6BNO3/c1-6(4(5)9)2-3(7)8/h2H2,1H3,(H,7,8). The number of carboxylic acids is 1. The van der Waals surface area contributed by atoms with Crippen molar-refractivity contribution in [2.45, 2.75) is 0 Å². The summed E-state index contributed by atoms with van der Waals surface area (Å²) in [7, 11) is 6.02. The van der Waals surface area contributed by atoms with E-state index < -0.39 is 11.8 Å². The minimum atomic E-state index is -1.07. The number of hydrogen-bond donors (Lipinski definition) is 1. The molecular weight excluding hydrogens is 121 g/mol. The summed E-state index contributed by atoms with van der Waals surface area (Å²) in [4.78, 5) is 20.9. The Labute approximate surface area is 53.9 Å². The summed E-state index contributed by atoms with van der Waals surface area (Å²) in [5.74, 6) is -1.81. The van der Waals surface area contributed by atoms with Gasteiger partial charge in [0.2, 0.25) is 7.85 Å². The van der Waals surface area contributed by atoms with Gasteiger partial charge in [-0.05, 0) is 0 Å². The topological polar surface area (TPSA) is 57.6 Å². The second-order valence-electron chi connectivity index (χ2n) is 1.59. The van der Waals surface area contributed by atoms with Gasteiger partial charge in [0.15, 0.2) is 5.81 Å². The van der Waals surface area contributed by atoms with Crippen LogP contribution in [0, 0.1) is 0 Å². The summed E-state index contributed by atoms with van der Waals surface area (Å²) in [6.07, 6.45) is 0. The Morgan fingerprint density at radius 1 is 1.67 bits per heavy atom. The maximum atomic E-state index is 10.1. The molecule has 2 radical (unpaired) electrons. The number of carbonyl (C=O) groups is 2. The number of carboxylic acid groups (broad SMARTS) is 1. The molecular formula is C4H6BNO3. The van der Waals surface area contributed by atoms with Crippen LogP contribution in [0.4, 0.5) is 4.79 Å². The van der Waals surface area contributed by atoms with Crippen molar-refractivity contribution >= 4 is 19.6 Å². The van der Waals surface area contributed by atoms with Crippen LogP contribution in [0.2, 0.25) is 0 Å². The molecule has 0 bridgehead atoms. The Balaban J connectivity index is 3.63. The minimum absolute atomic E-state index is 0.352. The molecule has 1 amide bonds. The summed E-state index contributed by atoms with van der Waals surface area (Å²) in [5.41, 5.74) is 0. The second-order valence-corrected chi connectivity index (χ2v) is 1.59. The van der Waals surface area contributed by atoms with Crippen LogP contribution in [-0.4, -0.2) is 43.2 Å². The fourth-order valence-electron chi connectivity index (χ4n) is 0.281. The van der Waals surface area contributed by atoms with E-state index in [4.69, 9.17) is 13.0 Å². The first-order valence-electron chi connectivity index (χ1n) is 2.26. The van der Waals surface area contributed by atoms with E-state index in [-0.39, 0.29) is 6.54 Å². The zero-order chi connectivity index (χ0) is 7.44. The molecule has 4 nitrogen and oxygen atoms in total. The van der Waals surface area contributed by atoms with Crippen molar-refractivity contribution in [1.82, 2.24) is 4.90 Å². The fraction of sp³-hybridized carbons (Fsp3) is 0.500. The van der Waals surface area contributed by atoms with E-state index in [1.165, 1.54) is 7.05 Å². The molecule has 9 heavy (non-hydrogen) atoms. The first-order chi connectivity index (χ1) is 4.04. The molecule has 0 aromatic carbocycles. The van der Waals surface area contributed by atoms with Crippen LogP contribution in [0.15, 0.2) is 0 Å². The summed E-state index contributed by atoms with van der Waals surface area (Å²) in [6, 6.07) is 0. The molecule has 0 heterocycles. The molecule has 0 fully saturated rings. The van der Waals surface area contributed by atoms with Crippen molar-refractivity contribution in [3.8, 4) is 0 Å². The Kier molecular flexibility index (Phi) is 2.77. The average Bonchev–Trinajstić information content (AvgIpc) is 1.63. The van der Waals surface area contributed by atoms with Crippen molar-refractivity contribution in [1.29, 1.82) is 0 Å². The highest BCUT2D eigenvalue weighted by atomic mass is 16.4. The monoisotopic (exact) mass is 127 g/mol. The van der Waals surface area contributed by atoms with Crippen LogP contribution >= 0.6 is 0 Å². The maximum Gasteiger partial charge on any atom is 0.323 e. The molecule has 48 valence electrons. The summed E-state index contributed by atoms with van der Waals surface area (Å²) in [5, 5.41) is 8.08. The lowest BCUT2D eigenvalue weighted by Crippen LogP contribution is -2.30. The van der Waals surface area contributed by atoms with Gasteiger partial charge in [-0.1, -0.05) is 0 Å². The molecule has 1 N–H and O–H groups in total. The molecule has 0 saturated heterocycles. The predicted octanol–water partition coefficient (Wildman–Crippen LogP) is -0.709. The SMILES string of the molecule is [B]C(=O)N(C)CC(=O)O. The molecule has 0 aromatic rings. The smallest absolute Gasteiger partial charge is 0.323 e. The van der Waals surface area contributed by atoms with Gasteiger partial charge in [0, 0.05) is 7.05 Å². The zero-order valence-electron chi connectivity index (χ0n) is 5.00. The molecule has 0 spiro atoms. The molecule has 0 aromatic heterocycles. The Morgan fingerprint density at radius 2 is 2.11 bits per heavy atom. The molecule has 0 aliphatic carbocycles. The van der Waals surface area contributed by atoms with E-state index in [1.54, 1.807) is 0 Å². The average molecular weight is 127 g/mol. The van der Waals surface area contributed by atoms with Crippen molar-refractivity contribution in [3.63, 3.8) is 0 Å². The maximum absolute atomic E-state index is 10.1. The summed E-state index contributed by atoms with van der Waals surface area (Å²) < 4.78 is 0. The van der Waals surface area contributed by atoms with Crippen LogP contribution in [0.5, 0.6) is 0 Å². The van der Waals surface area contributed by atoms with E-state index in [2.05, 4.69) is 0 Å². The highest BCUT2D eigenvalue weighted by molar-refractivity contribution is 6.56. The largest absolute Gasteiger partial charge is 0.480 e. The van der Waals surface area contributed by atoms with E-state index in [0.717, 1.165) is 4.90 Å². The Morgan fingerprint density at radius 3 is 2.22 bits per heavy atom. The number of amides is 1. The van der Waals surface area contributed by atoms with Crippen molar-refractivity contribution in [2.24, 2.45) is 0 Å². The van der Waals surface area contributed by atoms with Gasteiger partial charge in [-0.15, -0.1) is 0 Å². The van der Waals surface area contributed by atoms with E-state index >= 15 is 0 Å². The number of nitrogens with zero attached hydrogens (tertiary/aromatic N) is 1. The molecule has 0 rings (SSSR count). The van der Waals surface area contributed by atoms with Crippen LogP contribution in [0.1, 0.15) is 0 Å². The van der Waals surface area contributed by atoms with Gasteiger partial charge in [0.25, 0.3) is 0 Å². The minimum Gasteiger partial charge on any atom is -0.480 e. The van der Waals surface area contributed by atoms with Gasteiger partial charge in [0.05, 0.1) is 0 Å². The van der Waals surface area contributed by atoms with Gasteiger partial charge in [-0.2, -0.15) is 0 Å². The van der Waals surface area contributed by atoms with Crippen LogP contribution in [0.3, 0.4) is 0 Å². The van der Waals surface area contributed by atoms with Crippen LogP contribution in [-0.2, 0) is 4.79 Å². The van der Waals surface area contributed by atoms with Crippen molar-refractivity contribution < 1.29 is 14.7 Å². The lowest BCUT2D eigenvalue weighted by Gasteiger charge is -2.10. The van der Waals surface area contributed by atoms with E-state index in [9.17, 15) is 9.59 Å². The normalized spacial score (nSPS) is 8.56. The van der Waals surface area contributed by atoms with E-state index in [1.807, 2.05) is 0 Å². The number of hydrogen-bond acceptors (Lipinski definition) is 2. The first-order valence-corrected chi connectivity index (χ1v) is 2.26. The molecule has 0 saturated carbocycles. The third-order valence-corrected chi connectivity index (χ3v) is 0.749. The molecule has 0 aliphatic rings. The van der Waals surface area contributed by atoms with Gasteiger partial charge < -0.3 is 10.0 Å². The lowest BCUT2D eigenvalue weighted by molar-refractivity contribution is -0.137. The third-order valence-electron chi connectivity index (χ3n) is 0.749. The van der Waals surface area contributed by atoms with E-state index in [0.29, 0.717) is 0 Å². The third kappa shape index (κ3) is 3.58. The highest BCUT2D eigenvalue weighted by Gasteiger charge is 2.04. The first kappa shape index (κ1) is 8.00. The Bertz CT molecular complexity index is 136. The lowest BCUT2D eigenvalue weighted by atomic mass is 10.1. The van der Waals surface area contributed by atoms with Gasteiger partial charge in [-0.3, -0.25) is 9.59 Å². The van der Waals surface area contributed by atoms with Crippen molar-refractivity contribution in [2.75, 3.05) is 13.6 Å².